The number of sulfonamides is 1. The van der Waals surface area contributed by atoms with Crippen molar-refractivity contribution in [3.8, 4) is 0 Å². The van der Waals surface area contributed by atoms with Gasteiger partial charge in [-0.05, 0) is 12.1 Å². The summed E-state index contributed by atoms with van der Waals surface area (Å²) in [6, 6.07) is 3.48. The number of hydrazine groups is 1. The van der Waals surface area contributed by atoms with Crippen molar-refractivity contribution in [2.24, 2.45) is 5.84 Å². The van der Waals surface area contributed by atoms with Crippen LogP contribution in [-0.4, -0.2) is 23.5 Å². The molecule has 0 bridgehead atoms. The molecule has 0 radical (unpaired) electrons. The van der Waals surface area contributed by atoms with E-state index in [1.807, 2.05) is 0 Å². The van der Waals surface area contributed by atoms with Crippen molar-refractivity contribution in [3.05, 3.63) is 46.3 Å². The first kappa shape index (κ1) is 14.9. The van der Waals surface area contributed by atoms with E-state index in [1.165, 1.54) is 18.5 Å². The van der Waals surface area contributed by atoms with Gasteiger partial charge in [-0.1, -0.05) is 0 Å². The lowest BCUT2D eigenvalue weighted by Gasteiger charge is -2.08. The summed E-state index contributed by atoms with van der Waals surface area (Å²) in [5, 5.41) is 17.2. The van der Waals surface area contributed by atoms with E-state index in [0.29, 0.717) is 5.56 Å². The summed E-state index contributed by atoms with van der Waals surface area (Å²) in [7, 11) is -4.07. The standard InChI is InChI=1S/C10H12N6O4S/c11-15-8-1-2-9(16(17)18)10(3-8)21(19,20)14-6-7-4-12-13-5-7/h1-5,14-15H,6,11H2,(H,12,13). The molecule has 2 aromatic rings. The molecule has 0 aliphatic heterocycles. The first-order valence-corrected chi connectivity index (χ1v) is 7.15. The number of nitrogens with one attached hydrogen (secondary N) is 3. The van der Waals surface area contributed by atoms with Gasteiger partial charge in [0.25, 0.3) is 5.69 Å². The Balaban J connectivity index is 2.35. The zero-order valence-corrected chi connectivity index (χ0v) is 11.4. The Kier molecular flexibility index (Phi) is 4.16. The summed E-state index contributed by atoms with van der Waals surface area (Å²) >= 11 is 0. The lowest BCUT2D eigenvalue weighted by atomic mass is 10.3. The molecule has 0 spiro atoms. The van der Waals surface area contributed by atoms with Crippen LogP contribution in [0.4, 0.5) is 11.4 Å². The number of nitrogen functional groups attached to an aromatic ring is 1. The number of aromatic amines is 1. The molecule has 0 amide bonds. The summed E-state index contributed by atoms with van der Waals surface area (Å²) in [5.74, 6) is 5.19. The topological polar surface area (TPSA) is 156 Å². The van der Waals surface area contributed by atoms with Crippen LogP contribution in [0.5, 0.6) is 0 Å². The highest BCUT2D eigenvalue weighted by Gasteiger charge is 2.26. The van der Waals surface area contributed by atoms with Gasteiger partial charge in [0, 0.05) is 24.4 Å². The van der Waals surface area contributed by atoms with E-state index in [-0.39, 0.29) is 12.2 Å². The van der Waals surface area contributed by atoms with Crippen LogP contribution in [0.15, 0.2) is 35.5 Å². The van der Waals surface area contributed by atoms with Crippen molar-refractivity contribution in [1.29, 1.82) is 0 Å². The van der Waals surface area contributed by atoms with Gasteiger partial charge in [0.1, 0.15) is 0 Å². The Labute approximate surface area is 119 Å². The first-order chi connectivity index (χ1) is 9.94. The van der Waals surface area contributed by atoms with Crippen LogP contribution in [0, 0.1) is 10.1 Å². The number of H-pyrrole nitrogens is 1. The number of nitrogens with two attached hydrogens (primary N) is 1. The molecular weight excluding hydrogens is 300 g/mol. The quantitative estimate of drug-likeness (QED) is 0.334. The van der Waals surface area contributed by atoms with E-state index in [1.54, 1.807) is 0 Å². The molecule has 21 heavy (non-hydrogen) atoms. The molecule has 0 saturated heterocycles. The fourth-order valence-corrected chi connectivity index (χ4v) is 2.81. The van der Waals surface area contributed by atoms with Crippen molar-refractivity contribution in [3.63, 3.8) is 0 Å². The second kappa shape index (κ2) is 5.87. The zero-order valence-electron chi connectivity index (χ0n) is 10.6. The first-order valence-electron chi connectivity index (χ1n) is 5.66. The van der Waals surface area contributed by atoms with Gasteiger partial charge in [0.2, 0.25) is 10.0 Å². The molecule has 2 rings (SSSR count). The summed E-state index contributed by atoms with van der Waals surface area (Å²) in [5.41, 5.74) is 2.54. The van der Waals surface area contributed by atoms with Crippen molar-refractivity contribution in [2.75, 3.05) is 5.43 Å². The van der Waals surface area contributed by atoms with E-state index in [0.717, 1.165) is 12.1 Å². The molecule has 10 nitrogen and oxygen atoms in total. The van der Waals surface area contributed by atoms with Gasteiger partial charge in [-0.2, -0.15) is 5.10 Å². The van der Waals surface area contributed by atoms with Gasteiger partial charge >= 0.3 is 0 Å². The predicted octanol–water partition coefficient (Wildman–Crippen LogP) is 0.0820. The van der Waals surface area contributed by atoms with Gasteiger partial charge in [-0.15, -0.1) is 0 Å². The molecule has 0 saturated carbocycles. The van der Waals surface area contributed by atoms with Gasteiger partial charge in [-0.3, -0.25) is 21.1 Å². The third-order valence-corrected chi connectivity index (χ3v) is 4.06. The largest absolute Gasteiger partial charge is 0.324 e. The van der Waals surface area contributed by atoms with E-state index in [9.17, 15) is 18.5 Å². The van der Waals surface area contributed by atoms with Crippen LogP contribution < -0.4 is 16.0 Å². The fourth-order valence-electron chi connectivity index (χ4n) is 1.60. The van der Waals surface area contributed by atoms with E-state index in [2.05, 4.69) is 20.3 Å². The Hall–Kier alpha value is -2.50. The van der Waals surface area contributed by atoms with Gasteiger partial charge in [-0.25, -0.2) is 13.1 Å². The summed E-state index contributed by atoms with van der Waals surface area (Å²) in [4.78, 5) is 9.71. The number of hydrogen-bond donors (Lipinski definition) is 4. The number of nitro benzene ring substituents is 1. The van der Waals surface area contributed by atoms with Crippen molar-refractivity contribution < 1.29 is 13.3 Å². The summed E-state index contributed by atoms with van der Waals surface area (Å²) in [6.45, 7) is -0.0454. The molecule has 0 atom stereocenters. The lowest BCUT2D eigenvalue weighted by molar-refractivity contribution is -0.387. The van der Waals surface area contributed by atoms with E-state index >= 15 is 0 Å². The molecule has 0 unspecified atom stereocenters. The summed E-state index contributed by atoms with van der Waals surface area (Å²) < 4.78 is 26.7. The van der Waals surface area contributed by atoms with Gasteiger partial charge < -0.3 is 5.43 Å². The molecule has 112 valence electrons. The minimum absolute atomic E-state index is 0.0454. The molecule has 11 heteroatoms. The SMILES string of the molecule is NNc1ccc([N+](=O)[O-])c(S(=O)(=O)NCc2cn[nH]c2)c1. The fraction of sp³-hybridized carbons (Fsp3) is 0.100. The van der Waals surface area contributed by atoms with Crippen molar-refractivity contribution >= 4 is 21.4 Å². The van der Waals surface area contributed by atoms with Crippen molar-refractivity contribution in [2.45, 2.75) is 11.4 Å². The minimum atomic E-state index is -4.07. The number of benzene rings is 1. The van der Waals surface area contributed by atoms with Crippen LogP contribution in [-0.2, 0) is 16.6 Å². The Bertz CT molecular complexity index is 743. The molecule has 1 aromatic heterocycles. The second-order valence-electron chi connectivity index (χ2n) is 4.02. The third-order valence-electron chi connectivity index (χ3n) is 2.63. The molecular formula is C10H12N6O4S. The van der Waals surface area contributed by atoms with Crippen LogP contribution in [0.2, 0.25) is 0 Å². The highest BCUT2D eigenvalue weighted by molar-refractivity contribution is 7.89. The second-order valence-corrected chi connectivity index (χ2v) is 5.75. The third kappa shape index (κ3) is 3.34. The normalized spacial score (nSPS) is 11.3. The highest BCUT2D eigenvalue weighted by atomic mass is 32.2. The average molecular weight is 312 g/mol. The minimum Gasteiger partial charge on any atom is -0.324 e. The van der Waals surface area contributed by atoms with Gasteiger partial charge in [0.05, 0.1) is 16.8 Å². The molecule has 0 aliphatic carbocycles. The summed E-state index contributed by atoms with van der Waals surface area (Å²) in [6.07, 6.45) is 2.95. The van der Waals surface area contributed by atoms with Crippen molar-refractivity contribution in [1.82, 2.24) is 14.9 Å². The van der Waals surface area contributed by atoms with Crippen LogP contribution in [0.25, 0.3) is 0 Å². The number of anilines is 1. The zero-order chi connectivity index (χ0) is 15.5. The number of hydrogen-bond acceptors (Lipinski definition) is 7. The average Bonchev–Trinajstić information content (AvgIpc) is 2.98. The molecule has 1 aromatic carbocycles. The van der Waals surface area contributed by atoms with Crippen LogP contribution in [0.3, 0.4) is 0 Å². The Morgan fingerprint density at radius 2 is 2.19 bits per heavy atom. The molecule has 1 heterocycles. The van der Waals surface area contributed by atoms with E-state index in [4.69, 9.17) is 5.84 Å². The maximum absolute atomic E-state index is 12.2. The van der Waals surface area contributed by atoms with Gasteiger partial charge in [0.15, 0.2) is 4.90 Å². The maximum Gasteiger partial charge on any atom is 0.289 e. The Morgan fingerprint density at radius 3 is 2.76 bits per heavy atom. The Morgan fingerprint density at radius 1 is 1.43 bits per heavy atom. The van der Waals surface area contributed by atoms with E-state index < -0.39 is 25.5 Å². The molecule has 5 N–H and O–H groups in total. The number of nitro groups is 1. The molecule has 0 fully saturated rings. The smallest absolute Gasteiger partial charge is 0.289 e. The highest BCUT2D eigenvalue weighted by Crippen LogP contribution is 2.26. The number of nitrogens with zero attached hydrogens (tertiary/aromatic N) is 2. The number of rotatable bonds is 6. The molecule has 0 aliphatic rings. The number of aromatic nitrogens is 2. The lowest BCUT2D eigenvalue weighted by Crippen LogP contribution is -2.24. The van der Waals surface area contributed by atoms with Crippen LogP contribution in [0.1, 0.15) is 5.56 Å². The van der Waals surface area contributed by atoms with Crippen LogP contribution >= 0.6 is 0 Å². The predicted molar refractivity (Wildman–Crippen MR) is 73.5 cm³/mol. The maximum atomic E-state index is 12.2. The monoisotopic (exact) mass is 312 g/mol.